The van der Waals surface area contributed by atoms with Crippen LogP contribution in [0.25, 0.3) is 5.65 Å². The van der Waals surface area contributed by atoms with Crippen LogP contribution in [0.5, 0.6) is 0 Å². The van der Waals surface area contributed by atoms with E-state index in [-0.39, 0.29) is 12.0 Å². The first-order valence-electron chi connectivity index (χ1n) is 8.84. The summed E-state index contributed by atoms with van der Waals surface area (Å²) in [5.41, 5.74) is 2.64. The maximum atomic E-state index is 12.6. The van der Waals surface area contributed by atoms with Crippen LogP contribution in [0.4, 0.5) is 0 Å². The number of ether oxygens (including phenoxy) is 1. The molecule has 0 saturated carbocycles. The van der Waals surface area contributed by atoms with Crippen molar-refractivity contribution in [3.8, 4) is 0 Å². The number of thioether (sulfide) groups is 1. The molecule has 0 bridgehead atoms. The van der Waals surface area contributed by atoms with Gasteiger partial charge in [0.25, 0.3) is 5.91 Å². The van der Waals surface area contributed by atoms with E-state index < -0.39 is 0 Å². The van der Waals surface area contributed by atoms with Gasteiger partial charge in [-0.1, -0.05) is 18.2 Å². The molecule has 1 fully saturated rings. The molecule has 1 saturated heterocycles. The third kappa shape index (κ3) is 3.92. The molecule has 0 radical (unpaired) electrons. The number of fused-ring (bicyclic) bond motifs is 1. The Morgan fingerprint density at radius 2 is 2.15 bits per heavy atom. The molecule has 1 aliphatic rings. The fraction of sp³-hybridized carbons (Fsp3) is 0.300. The lowest BCUT2D eigenvalue weighted by Crippen LogP contribution is -2.32. The normalized spacial score (nSPS) is 16.8. The molecule has 1 unspecified atom stereocenters. The van der Waals surface area contributed by atoms with Gasteiger partial charge in [-0.2, -0.15) is 0 Å². The molecular formula is C20H21N3O2S. The summed E-state index contributed by atoms with van der Waals surface area (Å²) in [7, 11) is 0. The second kappa shape index (κ2) is 7.93. The van der Waals surface area contributed by atoms with Crippen molar-refractivity contribution < 1.29 is 9.53 Å². The molecule has 4 rings (SSSR count). The Morgan fingerprint density at radius 3 is 3.00 bits per heavy atom. The van der Waals surface area contributed by atoms with Crippen molar-refractivity contribution in [3.05, 3.63) is 66.1 Å². The molecule has 1 atom stereocenters. The standard InChI is InChI=1S/C20H21N3O2S/c24-20(21-12-16-6-5-11-25-16)17-7-1-2-8-18(17)26-14-15-13-23-10-4-3-9-19(23)22-15/h1-4,7-10,13,16H,5-6,11-12,14H2,(H,21,24). The summed E-state index contributed by atoms with van der Waals surface area (Å²) < 4.78 is 7.58. The Balaban J connectivity index is 1.42. The van der Waals surface area contributed by atoms with Crippen LogP contribution >= 0.6 is 11.8 Å². The highest BCUT2D eigenvalue weighted by Gasteiger charge is 2.18. The summed E-state index contributed by atoms with van der Waals surface area (Å²) in [5, 5.41) is 3.00. The Hall–Kier alpha value is -2.31. The van der Waals surface area contributed by atoms with E-state index in [1.807, 2.05) is 59.3 Å². The predicted molar refractivity (Wildman–Crippen MR) is 103 cm³/mol. The minimum absolute atomic E-state index is 0.0430. The smallest absolute Gasteiger partial charge is 0.252 e. The lowest BCUT2D eigenvalue weighted by Gasteiger charge is -2.12. The number of hydrogen-bond donors (Lipinski definition) is 1. The molecule has 134 valence electrons. The van der Waals surface area contributed by atoms with Crippen LogP contribution in [0.3, 0.4) is 0 Å². The Bertz CT molecular complexity index is 870. The van der Waals surface area contributed by atoms with Gasteiger partial charge in [0.15, 0.2) is 0 Å². The van der Waals surface area contributed by atoms with Gasteiger partial charge in [0.1, 0.15) is 5.65 Å². The van der Waals surface area contributed by atoms with E-state index in [2.05, 4.69) is 10.3 Å². The van der Waals surface area contributed by atoms with Crippen molar-refractivity contribution in [1.82, 2.24) is 14.7 Å². The number of carbonyl (C=O) groups excluding carboxylic acids is 1. The summed E-state index contributed by atoms with van der Waals surface area (Å²) in [4.78, 5) is 18.2. The van der Waals surface area contributed by atoms with E-state index in [1.165, 1.54) is 0 Å². The van der Waals surface area contributed by atoms with E-state index in [0.29, 0.717) is 12.1 Å². The van der Waals surface area contributed by atoms with Gasteiger partial charge in [-0.05, 0) is 37.1 Å². The van der Waals surface area contributed by atoms with Crippen molar-refractivity contribution in [2.45, 2.75) is 29.6 Å². The first kappa shape index (κ1) is 17.1. The SMILES string of the molecule is O=C(NCC1CCCO1)c1ccccc1SCc1cn2ccccc2n1. The second-order valence-corrected chi connectivity index (χ2v) is 7.35. The van der Waals surface area contributed by atoms with Crippen LogP contribution in [0.15, 0.2) is 59.8 Å². The Labute approximate surface area is 156 Å². The number of benzene rings is 1. The fourth-order valence-electron chi connectivity index (χ4n) is 3.10. The summed E-state index contributed by atoms with van der Waals surface area (Å²) >= 11 is 1.63. The number of amides is 1. The van der Waals surface area contributed by atoms with Gasteiger partial charge < -0.3 is 14.5 Å². The van der Waals surface area contributed by atoms with Gasteiger partial charge >= 0.3 is 0 Å². The molecule has 1 N–H and O–H groups in total. The summed E-state index contributed by atoms with van der Waals surface area (Å²) in [6, 6.07) is 13.7. The van der Waals surface area contributed by atoms with Crippen molar-refractivity contribution >= 4 is 23.3 Å². The molecule has 0 spiro atoms. The van der Waals surface area contributed by atoms with E-state index in [4.69, 9.17) is 4.74 Å². The molecule has 1 aliphatic heterocycles. The van der Waals surface area contributed by atoms with E-state index in [1.54, 1.807) is 11.8 Å². The highest BCUT2D eigenvalue weighted by Crippen LogP contribution is 2.26. The average Bonchev–Trinajstić information content (AvgIpc) is 3.33. The maximum absolute atomic E-state index is 12.6. The Kier molecular flexibility index (Phi) is 5.22. The summed E-state index contributed by atoms with van der Waals surface area (Å²) in [6.45, 7) is 1.37. The first-order chi connectivity index (χ1) is 12.8. The first-order valence-corrected chi connectivity index (χ1v) is 9.82. The fourth-order valence-corrected chi connectivity index (χ4v) is 4.03. The van der Waals surface area contributed by atoms with Crippen LogP contribution in [-0.2, 0) is 10.5 Å². The molecule has 6 heteroatoms. The van der Waals surface area contributed by atoms with Crippen molar-refractivity contribution in [1.29, 1.82) is 0 Å². The third-order valence-electron chi connectivity index (χ3n) is 4.44. The topological polar surface area (TPSA) is 55.6 Å². The molecule has 26 heavy (non-hydrogen) atoms. The number of carbonyl (C=O) groups is 1. The van der Waals surface area contributed by atoms with Crippen molar-refractivity contribution in [3.63, 3.8) is 0 Å². The number of nitrogens with one attached hydrogen (secondary N) is 1. The van der Waals surface area contributed by atoms with Crippen LogP contribution in [-0.4, -0.2) is 34.5 Å². The zero-order chi connectivity index (χ0) is 17.8. The molecule has 3 aromatic rings. The lowest BCUT2D eigenvalue weighted by molar-refractivity contribution is 0.0855. The number of rotatable bonds is 6. The van der Waals surface area contributed by atoms with Crippen molar-refractivity contribution in [2.24, 2.45) is 0 Å². The van der Waals surface area contributed by atoms with E-state index in [0.717, 1.165) is 41.4 Å². The van der Waals surface area contributed by atoms with Gasteiger partial charge in [0.05, 0.1) is 17.4 Å². The molecule has 2 aromatic heterocycles. The van der Waals surface area contributed by atoms with Crippen molar-refractivity contribution in [2.75, 3.05) is 13.2 Å². The monoisotopic (exact) mass is 367 g/mol. The van der Waals surface area contributed by atoms with Gasteiger partial charge in [-0.25, -0.2) is 4.98 Å². The summed E-state index contributed by atoms with van der Waals surface area (Å²) in [6.07, 6.45) is 6.26. The highest BCUT2D eigenvalue weighted by atomic mass is 32.2. The Morgan fingerprint density at radius 1 is 1.27 bits per heavy atom. The molecule has 1 amide bonds. The minimum Gasteiger partial charge on any atom is -0.376 e. The molecule has 3 heterocycles. The molecule has 5 nitrogen and oxygen atoms in total. The quantitative estimate of drug-likeness (QED) is 0.677. The summed E-state index contributed by atoms with van der Waals surface area (Å²) in [5.74, 6) is 0.677. The highest BCUT2D eigenvalue weighted by molar-refractivity contribution is 7.98. The van der Waals surface area contributed by atoms with Crippen LogP contribution in [0.2, 0.25) is 0 Å². The van der Waals surface area contributed by atoms with E-state index >= 15 is 0 Å². The molecule has 0 aliphatic carbocycles. The van der Waals surface area contributed by atoms with Crippen LogP contribution in [0, 0.1) is 0 Å². The van der Waals surface area contributed by atoms with Gasteiger partial charge in [-0.3, -0.25) is 4.79 Å². The third-order valence-corrected chi connectivity index (χ3v) is 5.54. The zero-order valence-electron chi connectivity index (χ0n) is 14.4. The van der Waals surface area contributed by atoms with Crippen LogP contribution < -0.4 is 5.32 Å². The van der Waals surface area contributed by atoms with Crippen LogP contribution in [0.1, 0.15) is 28.9 Å². The van der Waals surface area contributed by atoms with E-state index in [9.17, 15) is 4.79 Å². The number of nitrogens with zero attached hydrogens (tertiary/aromatic N) is 2. The lowest BCUT2D eigenvalue weighted by atomic mass is 10.2. The zero-order valence-corrected chi connectivity index (χ0v) is 15.2. The van der Waals surface area contributed by atoms with Gasteiger partial charge in [0, 0.05) is 36.2 Å². The number of aromatic nitrogens is 2. The maximum Gasteiger partial charge on any atom is 0.252 e. The molecular weight excluding hydrogens is 346 g/mol. The largest absolute Gasteiger partial charge is 0.376 e. The average molecular weight is 367 g/mol. The minimum atomic E-state index is -0.0430. The van der Waals surface area contributed by atoms with Gasteiger partial charge in [-0.15, -0.1) is 11.8 Å². The molecule has 1 aromatic carbocycles. The number of imidazole rings is 1. The second-order valence-electron chi connectivity index (χ2n) is 6.33. The number of pyridine rings is 1. The predicted octanol–water partition coefficient (Wildman–Crippen LogP) is 3.54. The van der Waals surface area contributed by atoms with Gasteiger partial charge in [0.2, 0.25) is 0 Å². The number of hydrogen-bond acceptors (Lipinski definition) is 4.